The fourth-order valence-corrected chi connectivity index (χ4v) is 3.50. The van der Waals surface area contributed by atoms with Crippen LogP contribution in [0.5, 0.6) is 11.5 Å². The van der Waals surface area contributed by atoms with Crippen molar-refractivity contribution in [2.45, 2.75) is 0 Å². The topological polar surface area (TPSA) is 77.2 Å². The number of fused-ring (bicyclic) bond motifs is 1. The van der Waals surface area contributed by atoms with Crippen LogP contribution in [0.4, 0.5) is 5.13 Å². The van der Waals surface area contributed by atoms with E-state index in [1.807, 2.05) is 36.4 Å². The first-order valence-corrected chi connectivity index (χ1v) is 9.57. The van der Waals surface area contributed by atoms with Gasteiger partial charge in [-0.3, -0.25) is 4.79 Å². The average Bonchev–Trinajstić information content (AvgIpc) is 3.42. The summed E-state index contributed by atoms with van der Waals surface area (Å²) in [6.45, 7) is -0.182. The Morgan fingerprint density at radius 1 is 1.17 bits per heavy atom. The zero-order valence-electron chi connectivity index (χ0n) is 15.5. The van der Waals surface area contributed by atoms with Crippen LogP contribution >= 0.6 is 11.3 Å². The Balaban J connectivity index is 1.61. The molecule has 0 spiro atoms. The number of hydrogen-bond donors (Lipinski definition) is 0. The maximum atomic E-state index is 12.9. The monoisotopic (exact) mass is 407 g/mol. The van der Waals surface area contributed by atoms with E-state index in [4.69, 9.17) is 13.9 Å². The van der Waals surface area contributed by atoms with Crippen LogP contribution in [0.25, 0.3) is 10.2 Å². The molecule has 4 rings (SSSR count). The van der Waals surface area contributed by atoms with Crippen molar-refractivity contribution >= 4 is 38.8 Å². The minimum absolute atomic E-state index is 0.182. The second kappa shape index (κ2) is 8.57. The number of thiazole rings is 1. The van der Waals surface area contributed by atoms with Gasteiger partial charge < -0.3 is 13.9 Å². The Hall–Kier alpha value is -3.65. The molecule has 2 aromatic carbocycles. The molecule has 1 amide bonds. The Morgan fingerprint density at radius 2 is 2.03 bits per heavy atom. The average molecular weight is 407 g/mol. The number of methoxy groups -OCH3 is 1. The van der Waals surface area contributed by atoms with Gasteiger partial charge in [0.1, 0.15) is 17.3 Å². The molecule has 0 atom stereocenters. The molecule has 146 valence electrons. The van der Waals surface area contributed by atoms with Crippen LogP contribution in [-0.4, -0.2) is 30.8 Å². The number of amides is 1. The maximum absolute atomic E-state index is 12.9. The number of ether oxygens (including phenoxy) is 2. The van der Waals surface area contributed by atoms with Crippen molar-refractivity contribution in [2.75, 3.05) is 18.7 Å². The van der Waals surface area contributed by atoms with Crippen LogP contribution in [0, 0.1) is 0 Å². The van der Waals surface area contributed by atoms with Crippen molar-refractivity contribution < 1.29 is 18.7 Å². The van der Waals surface area contributed by atoms with E-state index in [2.05, 4.69) is 10.1 Å². The molecule has 0 aliphatic rings. The summed E-state index contributed by atoms with van der Waals surface area (Å²) in [5.74, 6) is 1.49. The minimum Gasteiger partial charge on any atom is -0.497 e. The fraction of sp³-hybridized carbons (Fsp3) is 0.0952. The van der Waals surface area contributed by atoms with Gasteiger partial charge in [0, 0.05) is 0 Å². The highest BCUT2D eigenvalue weighted by atomic mass is 32.1. The summed E-state index contributed by atoms with van der Waals surface area (Å²) in [5.41, 5.74) is 0.751. The fourth-order valence-electron chi connectivity index (χ4n) is 2.53. The van der Waals surface area contributed by atoms with E-state index >= 15 is 0 Å². The predicted octanol–water partition coefficient (Wildman–Crippen LogP) is 4.34. The number of carbonyl (C=O) groups excluding carboxylic acids is 1. The third-order valence-electron chi connectivity index (χ3n) is 3.95. The van der Waals surface area contributed by atoms with Gasteiger partial charge in [0.15, 0.2) is 6.61 Å². The van der Waals surface area contributed by atoms with Crippen LogP contribution in [0.15, 0.2) is 76.4 Å². The predicted molar refractivity (Wildman–Crippen MR) is 112 cm³/mol. The molecule has 8 heteroatoms. The molecule has 7 nitrogen and oxygen atoms in total. The third-order valence-corrected chi connectivity index (χ3v) is 4.94. The standard InChI is InChI=1S/C21H17N3O4S/c1-26-16-9-10-18-19(12-16)29-21(23-18)24(22-13-17-8-5-11-27-17)20(25)14-28-15-6-3-2-4-7-15/h2-13H,14H2,1H3/b22-13+. The van der Waals surface area contributed by atoms with Gasteiger partial charge in [-0.15, -0.1) is 0 Å². The lowest BCUT2D eigenvalue weighted by Gasteiger charge is -2.14. The highest BCUT2D eigenvalue weighted by molar-refractivity contribution is 7.22. The Kier molecular flexibility index (Phi) is 5.53. The summed E-state index contributed by atoms with van der Waals surface area (Å²) < 4.78 is 17.0. The van der Waals surface area contributed by atoms with Gasteiger partial charge >= 0.3 is 0 Å². The maximum Gasteiger partial charge on any atom is 0.287 e. The molecule has 29 heavy (non-hydrogen) atoms. The van der Waals surface area contributed by atoms with Crippen molar-refractivity contribution in [3.05, 3.63) is 72.7 Å². The van der Waals surface area contributed by atoms with E-state index < -0.39 is 0 Å². The van der Waals surface area contributed by atoms with Crippen LogP contribution in [0.3, 0.4) is 0 Å². The van der Waals surface area contributed by atoms with Gasteiger partial charge in [0.05, 0.1) is 29.8 Å². The number of anilines is 1. The van der Waals surface area contributed by atoms with Crippen molar-refractivity contribution in [1.29, 1.82) is 0 Å². The summed E-state index contributed by atoms with van der Waals surface area (Å²) in [4.78, 5) is 17.4. The minimum atomic E-state index is -0.359. The van der Waals surface area contributed by atoms with E-state index in [0.29, 0.717) is 16.6 Å². The molecule has 0 aliphatic heterocycles. The Labute approximate surface area is 170 Å². The molecule has 2 heterocycles. The molecule has 0 fully saturated rings. The highest BCUT2D eigenvalue weighted by Gasteiger charge is 2.20. The second-order valence-corrected chi connectivity index (χ2v) is 6.91. The molecule has 0 saturated heterocycles. The van der Waals surface area contributed by atoms with Gasteiger partial charge in [0.25, 0.3) is 5.91 Å². The van der Waals surface area contributed by atoms with Gasteiger partial charge in [0.2, 0.25) is 5.13 Å². The Morgan fingerprint density at radius 3 is 2.79 bits per heavy atom. The lowest BCUT2D eigenvalue weighted by molar-refractivity contribution is -0.120. The number of benzene rings is 2. The van der Waals surface area contributed by atoms with Crippen molar-refractivity contribution in [2.24, 2.45) is 5.10 Å². The van der Waals surface area contributed by atoms with Crippen LogP contribution in [0.2, 0.25) is 0 Å². The largest absolute Gasteiger partial charge is 0.497 e. The zero-order chi connectivity index (χ0) is 20.1. The smallest absolute Gasteiger partial charge is 0.287 e. The number of para-hydroxylation sites is 1. The first kappa shape index (κ1) is 18.7. The lowest BCUT2D eigenvalue weighted by Crippen LogP contribution is -2.30. The van der Waals surface area contributed by atoms with Crippen LogP contribution in [0.1, 0.15) is 5.76 Å². The van der Waals surface area contributed by atoms with Gasteiger partial charge in [-0.25, -0.2) is 4.98 Å². The number of furan rings is 1. The summed E-state index contributed by atoms with van der Waals surface area (Å²) in [6.07, 6.45) is 3.00. The first-order chi connectivity index (χ1) is 14.2. The summed E-state index contributed by atoms with van der Waals surface area (Å²) in [5, 5.41) is 5.94. The molecule has 0 saturated carbocycles. The molecule has 0 N–H and O–H groups in total. The van der Waals surface area contributed by atoms with Crippen molar-refractivity contribution in [3.63, 3.8) is 0 Å². The molecule has 2 aromatic heterocycles. The zero-order valence-corrected chi connectivity index (χ0v) is 16.3. The first-order valence-electron chi connectivity index (χ1n) is 8.76. The molecule has 4 aromatic rings. The summed E-state index contributed by atoms with van der Waals surface area (Å²) in [7, 11) is 1.60. The summed E-state index contributed by atoms with van der Waals surface area (Å²) in [6, 6.07) is 18.2. The van der Waals surface area contributed by atoms with Crippen molar-refractivity contribution in [1.82, 2.24) is 4.98 Å². The summed E-state index contributed by atoms with van der Waals surface area (Å²) >= 11 is 1.34. The van der Waals surface area contributed by atoms with Crippen molar-refractivity contribution in [3.8, 4) is 11.5 Å². The number of carbonyl (C=O) groups is 1. The van der Waals surface area contributed by atoms with E-state index in [0.717, 1.165) is 16.0 Å². The number of hydrogen-bond acceptors (Lipinski definition) is 7. The molecular formula is C21H17N3O4S. The SMILES string of the molecule is COc1ccc2nc(N(/N=C/c3ccco3)C(=O)COc3ccccc3)sc2c1. The number of hydrazone groups is 1. The second-order valence-electron chi connectivity index (χ2n) is 5.90. The number of aromatic nitrogens is 1. The van der Waals surface area contributed by atoms with E-state index in [1.54, 1.807) is 31.4 Å². The molecule has 0 unspecified atom stereocenters. The molecular weight excluding hydrogens is 390 g/mol. The van der Waals surface area contributed by atoms with Crippen LogP contribution in [-0.2, 0) is 4.79 Å². The van der Waals surface area contributed by atoms with Gasteiger partial charge in [-0.05, 0) is 42.5 Å². The van der Waals surface area contributed by atoms with E-state index in [1.165, 1.54) is 28.8 Å². The normalized spacial score (nSPS) is 11.1. The number of rotatable bonds is 7. The highest BCUT2D eigenvalue weighted by Crippen LogP contribution is 2.31. The molecule has 0 bridgehead atoms. The Bertz CT molecular complexity index is 1120. The lowest BCUT2D eigenvalue weighted by atomic mass is 10.3. The van der Waals surface area contributed by atoms with E-state index in [-0.39, 0.29) is 12.5 Å². The van der Waals surface area contributed by atoms with Gasteiger partial charge in [-0.1, -0.05) is 29.5 Å². The quantitative estimate of drug-likeness (QED) is 0.336. The van der Waals surface area contributed by atoms with Gasteiger partial charge in [-0.2, -0.15) is 10.1 Å². The van der Waals surface area contributed by atoms with E-state index in [9.17, 15) is 4.79 Å². The molecule has 0 aliphatic carbocycles. The third kappa shape index (κ3) is 4.44. The van der Waals surface area contributed by atoms with Crippen LogP contribution < -0.4 is 14.5 Å². The number of nitrogens with zero attached hydrogens (tertiary/aromatic N) is 3. The molecule has 0 radical (unpaired) electrons.